The summed E-state index contributed by atoms with van der Waals surface area (Å²) in [7, 11) is 4.11. The zero-order chi connectivity index (χ0) is 7.40. The molecule has 0 N–H and O–H groups in total. The first kappa shape index (κ1) is 8.02. The molecule has 0 aromatic heterocycles. The molecule has 1 saturated heterocycles. The van der Waals surface area contributed by atoms with Crippen LogP contribution < -0.4 is 0 Å². The first-order valence-electron chi connectivity index (χ1n) is 4.07. The molecule has 0 aliphatic carbocycles. The van der Waals surface area contributed by atoms with E-state index in [0.29, 0.717) is 0 Å². The fourth-order valence-corrected chi connectivity index (χ4v) is 1.68. The van der Waals surface area contributed by atoms with Crippen LogP contribution in [-0.4, -0.2) is 38.6 Å². The highest BCUT2D eigenvalue weighted by Gasteiger charge is 2.12. The van der Waals surface area contributed by atoms with Crippen LogP contribution in [0.15, 0.2) is 0 Å². The number of hydrogen-bond donors (Lipinski definition) is 0. The molecule has 1 rings (SSSR count). The van der Waals surface area contributed by atoms with Gasteiger partial charge in [0.05, 0.1) is 0 Å². The Hall–Kier alpha value is -0.0800. The summed E-state index contributed by atoms with van der Waals surface area (Å²) in [6, 6.07) is 0. The van der Waals surface area contributed by atoms with Gasteiger partial charge in [0.15, 0.2) is 0 Å². The molecule has 0 saturated carbocycles. The third kappa shape index (κ3) is 2.27. The van der Waals surface area contributed by atoms with Gasteiger partial charge in [-0.15, -0.1) is 6.54 Å². The lowest BCUT2D eigenvalue weighted by atomic mass is 9.99. The molecule has 2 heteroatoms. The normalized spacial score (nSPS) is 28.8. The largest absolute Gasteiger partial charge is 0.665 e. The van der Waals surface area contributed by atoms with Crippen LogP contribution >= 0.6 is 0 Å². The van der Waals surface area contributed by atoms with Crippen LogP contribution in [-0.2, 0) is 0 Å². The van der Waals surface area contributed by atoms with Crippen molar-refractivity contribution in [1.29, 1.82) is 0 Å². The molecule has 0 bridgehead atoms. The lowest BCUT2D eigenvalue weighted by Crippen LogP contribution is -2.33. The molecule has 10 heavy (non-hydrogen) atoms. The van der Waals surface area contributed by atoms with E-state index in [4.69, 9.17) is 0 Å². The van der Waals surface area contributed by atoms with E-state index < -0.39 is 0 Å². The molecule has 1 aliphatic rings. The second-order valence-corrected chi connectivity index (χ2v) is 3.27. The molecule has 0 radical (unpaired) electrons. The fourth-order valence-electron chi connectivity index (χ4n) is 1.68. The molecule has 2 nitrogen and oxygen atoms in total. The van der Waals surface area contributed by atoms with Crippen molar-refractivity contribution in [2.24, 2.45) is 5.92 Å². The van der Waals surface area contributed by atoms with Gasteiger partial charge in [-0.25, -0.2) is 0 Å². The quantitative estimate of drug-likeness (QED) is 0.567. The number of piperidine rings is 1. The lowest BCUT2D eigenvalue weighted by Gasteiger charge is -2.33. The highest BCUT2D eigenvalue weighted by Crippen LogP contribution is 2.15. The minimum atomic E-state index is 0.837. The van der Waals surface area contributed by atoms with E-state index in [1.165, 1.54) is 25.9 Å². The summed E-state index contributed by atoms with van der Waals surface area (Å²) in [6.07, 6.45) is 2.73. The van der Waals surface area contributed by atoms with Gasteiger partial charge in [-0.3, -0.25) is 0 Å². The van der Waals surface area contributed by atoms with Gasteiger partial charge in [-0.2, -0.15) is 7.05 Å². The van der Waals surface area contributed by atoms with Crippen LogP contribution in [0.2, 0.25) is 0 Å². The van der Waals surface area contributed by atoms with E-state index in [1.54, 1.807) is 0 Å². The fraction of sp³-hybridized carbons (Fsp3) is 1.00. The van der Waals surface area contributed by atoms with E-state index in [9.17, 15) is 0 Å². The lowest BCUT2D eigenvalue weighted by molar-refractivity contribution is 0.218. The average molecular weight is 141 g/mol. The summed E-state index contributed by atoms with van der Waals surface area (Å²) in [4.78, 5) is 2.40. The predicted octanol–water partition coefficient (Wildman–Crippen LogP) is 1.33. The Labute approximate surface area is 63.6 Å². The van der Waals surface area contributed by atoms with Crippen molar-refractivity contribution >= 4 is 0 Å². The Kier molecular flexibility index (Phi) is 3.16. The molecule has 60 valence electrons. The topological polar surface area (TPSA) is 17.3 Å². The summed E-state index contributed by atoms with van der Waals surface area (Å²) in [5.41, 5.74) is 0. The molecule has 1 heterocycles. The van der Waals surface area contributed by atoms with Gasteiger partial charge >= 0.3 is 0 Å². The first-order valence-corrected chi connectivity index (χ1v) is 4.07. The van der Waals surface area contributed by atoms with E-state index in [0.717, 1.165) is 12.5 Å². The summed E-state index contributed by atoms with van der Waals surface area (Å²) < 4.78 is 0. The van der Waals surface area contributed by atoms with Gasteiger partial charge in [-0.1, -0.05) is 0 Å². The zero-order valence-corrected chi connectivity index (χ0v) is 7.01. The monoisotopic (exact) mass is 141 g/mol. The minimum absolute atomic E-state index is 0.837. The van der Waals surface area contributed by atoms with Gasteiger partial charge < -0.3 is 10.2 Å². The van der Waals surface area contributed by atoms with Crippen molar-refractivity contribution in [3.05, 3.63) is 5.32 Å². The predicted molar refractivity (Wildman–Crippen MR) is 44.4 cm³/mol. The molecule has 0 aromatic rings. The highest BCUT2D eigenvalue weighted by atomic mass is 15.1. The smallest absolute Gasteiger partial charge is 0.000984 e. The summed E-state index contributed by atoms with van der Waals surface area (Å²) in [5, 5.41) is 4.17. The van der Waals surface area contributed by atoms with Crippen LogP contribution in [0.1, 0.15) is 12.8 Å². The van der Waals surface area contributed by atoms with Crippen molar-refractivity contribution in [2.45, 2.75) is 12.8 Å². The number of hydrogen-bond acceptors (Lipinski definition) is 1. The van der Waals surface area contributed by atoms with Crippen LogP contribution in [0.4, 0.5) is 0 Å². The Morgan fingerprint density at radius 1 is 1.60 bits per heavy atom. The maximum absolute atomic E-state index is 4.17. The van der Waals surface area contributed by atoms with Gasteiger partial charge in [0.2, 0.25) is 0 Å². The maximum Gasteiger partial charge on any atom is -0.000984 e. The minimum Gasteiger partial charge on any atom is -0.665 e. The van der Waals surface area contributed by atoms with Crippen LogP contribution in [0.5, 0.6) is 0 Å². The van der Waals surface area contributed by atoms with E-state index in [2.05, 4.69) is 17.3 Å². The molecule has 1 atom stereocenters. The number of rotatable bonds is 2. The summed E-state index contributed by atoms with van der Waals surface area (Å²) in [6.45, 7) is 3.59. The maximum atomic E-state index is 4.17. The molecule has 0 spiro atoms. The van der Waals surface area contributed by atoms with Crippen LogP contribution in [0.25, 0.3) is 5.32 Å². The van der Waals surface area contributed by atoms with Crippen molar-refractivity contribution < 1.29 is 0 Å². The Balaban J connectivity index is 2.18. The summed E-state index contributed by atoms with van der Waals surface area (Å²) in [5.74, 6) is 0.837. The van der Waals surface area contributed by atoms with Crippen LogP contribution in [0.3, 0.4) is 0 Å². The zero-order valence-electron chi connectivity index (χ0n) is 7.01. The standard InChI is InChI=1S/C8H17N2/c1-9-6-8-4-3-5-10(2)7-8/h8H,3-7H2,1-2H3/q-1. The van der Waals surface area contributed by atoms with Crippen molar-refractivity contribution in [3.63, 3.8) is 0 Å². The Morgan fingerprint density at radius 2 is 2.40 bits per heavy atom. The second-order valence-electron chi connectivity index (χ2n) is 3.27. The highest BCUT2D eigenvalue weighted by molar-refractivity contribution is 4.81. The Bertz CT molecular complexity index is 91.3. The Morgan fingerprint density at radius 3 is 3.00 bits per heavy atom. The number of likely N-dealkylation sites (tertiary alicyclic amines) is 1. The molecule has 0 amide bonds. The first-order chi connectivity index (χ1) is 4.83. The number of nitrogens with zero attached hydrogens (tertiary/aromatic N) is 2. The van der Waals surface area contributed by atoms with Crippen molar-refractivity contribution in [3.8, 4) is 0 Å². The molecule has 1 aliphatic heterocycles. The molecular weight excluding hydrogens is 124 g/mol. The van der Waals surface area contributed by atoms with E-state index in [1.807, 2.05) is 7.05 Å². The van der Waals surface area contributed by atoms with Gasteiger partial charge in [0.25, 0.3) is 0 Å². The average Bonchev–Trinajstić information content (AvgIpc) is 1.88. The van der Waals surface area contributed by atoms with E-state index in [-0.39, 0.29) is 0 Å². The van der Waals surface area contributed by atoms with Gasteiger partial charge in [0, 0.05) is 0 Å². The molecule has 0 aromatic carbocycles. The van der Waals surface area contributed by atoms with Crippen LogP contribution in [0, 0.1) is 5.92 Å². The third-order valence-electron chi connectivity index (χ3n) is 2.16. The SMILES string of the molecule is C[N-]CC1CCCN(C)C1. The van der Waals surface area contributed by atoms with Gasteiger partial charge in [-0.05, 0) is 38.9 Å². The molecule has 1 fully saturated rings. The molecular formula is C8H17N2-. The van der Waals surface area contributed by atoms with Gasteiger partial charge in [0.1, 0.15) is 0 Å². The second kappa shape index (κ2) is 3.94. The van der Waals surface area contributed by atoms with Crippen molar-refractivity contribution in [1.82, 2.24) is 4.90 Å². The summed E-state index contributed by atoms with van der Waals surface area (Å²) >= 11 is 0. The van der Waals surface area contributed by atoms with Crippen molar-refractivity contribution in [2.75, 3.05) is 33.7 Å². The molecule has 1 unspecified atom stereocenters. The van der Waals surface area contributed by atoms with E-state index >= 15 is 0 Å². The third-order valence-corrected chi connectivity index (χ3v) is 2.16.